The van der Waals surface area contributed by atoms with Gasteiger partial charge in [-0.25, -0.2) is 4.39 Å². The topological polar surface area (TPSA) is 23.9 Å². The minimum absolute atomic E-state index is 0.201. The Morgan fingerprint density at radius 2 is 1.88 bits per heavy atom. The summed E-state index contributed by atoms with van der Waals surface area (Å²) in [6.45, 7) is 0. The van der Waals surface area contributed by atoms with E-state index in [0.29, 0.717) is 12.8 Å². The van der Waals surface area contributed by atoms with Crippen LogP contribution < -0.4 is 0 Å². The summed E-state index contributed by atoms with van der Waals surface area (Å²) in [7, 11) is -0.201. The highest BCUT2D eigenvalue weighted by Gasteiger charge is 2.13. The number of halogens is 1. The van der Waals surface area contributed by atoms with Gasteiger partial charge in [0.15, 0.2) is 0 Å². The fourth-order valence-electron chi connectivity index (χ4n) is 0.787. The first-order chi connectivity index (χ1) is 3.79. The Bertz CT molecular complexity index is 94.6. The number of hydrogen-bond acceptors (Lipinski definition) is 1. The van der Waals surface area contributed by atoms with Gasteiger partial charge in [0.2, 0.25) is 0 Å². The van der Waals surface area contributed by atoms with Crippen molar-refractivity contribution in [1.29, 1.82) is 4.78 Å². The molecule has 0 atom stereocenters. The Labute approximate surface area is 51.2 Å². The first kappa shape index (κ1) is 6.20. The lowest BCUT2D eigenvalue weighted by Crippen LogP contribution is -2.17. The minimum atomic E-state index is -0.593. The molecule has 0 aliphatic carbocycles. The Kier molecular flexibility index (Phi) is 2.00. The number of nitrogens with one attached hydrogen (secondary N) is 1. The van der Waals surface area contributed by atoms with Crippen LogP contribution in [0, 0.1) is 4.78 Å². The van der Waals surface area contributed by atoms with Gasteiger partial charge >= 0.3 is 0 Å². The van der Waals surface area contributed by atoms with Gasteiger partial charge in [0.1, 0.15) is 6.17 Å². The molecule has 48 valence electrons. The molecular weight excluding hydrogens is 125 g/mol. The second kappa shape index (κ2) is 2.58. The molecule has 1 aliphatic heterocycles. The summed E-state index contributed by atoms with van der Waals surface area (Å²) in [5, 5.41) is 0. The summed E-state index contributed by atoms with van der Waals surface area (Å²) >= 11 is 0. The van der Waals surface area contributed by atoms with Gasteiger partial charge in [-0.1, -0.05) is 0 Å². The highest BCUT2D eigenvalue weighted by molar-refractivity contribution is 7.86. The van der Waals surface area contributed by atoms with Gasteiger partial charge in [-0.05, 0) is 12.8 Å². The molecule has 0 aromatic rings. The lowest BCUT2D eigenvalue weighted by Gasteiger charge is -2.15. The monoisotopic (exact) mass is 135 g/mol. The van der Waals surface area contributed by atoms with Crippen LogP contribution in [0.2, 0.25) is 0 Å². The van der Waals surface area contributed by atoms with E-state index in [2.05, 4.69) is 0 Å². The molecular formula is C5H10FNS. The van der Waals surface area contributed by atoms with Crippen LogP contribution in [0.15, 0.2) is 0 Å². The smallest absolute Gasteiger partial charge is 0.102 e. The van der Waals surface area contributed by atoms with Gasteiger partial charge in [0.25, 0.3) is 0 Å². The van der Waals surface area contributed by atoms with Crippen molar-refractivity contribution in [3.8, 4) is 0 Å². The zero-order chi connectivity index (χ0) is 5.98. The maximum absolute atomic E-state index is 12.3. The average Bonchev–Trinajstić information content (AvgIpc) is 1.77. The maximum atomic E-state index is 12.3. The van der Waals surface area contributed by atoms with Crippen molar-refractivity contribution in [2.24, 2.45) is 0 Å². The summed E-state index contributed by atoms with van der Waals surface area (Å²) in [5.41, 5.74) is 0. The van der Waals surface area contributed by atoms with Crippen LogP contribution in [0.3, 0.4) is 0 Å². The van der Waals surface area contributed by atoms with E-state index >= 15 is 0 Å². The molecule has 0 aromatic carbocycles. The molecule has 0 aromatic heterocycles. The largest absolute Gasteiger partial charge is 0.280 e. The van der Waals surface area contributed by atoms with Crippen LogP contribution in [0.25, 0.3) is 0 Å². The Morgan fingerprint density at radius 1 is 1.38 bits per heavy atom. The maximum Gasteiger partial charge on any atom is 0.102 e. The van der Waals surface area contributed by atoms with E-state index in [1.54, 1.807) is 0 Å². The summed E-state index contributed by atoms with van der Waals surface area (Å²) < 4.78 is 19.5. The van der Waals surface area contributed by atoms with Crippen molar-refractivity contribution < 1.29 is 4.39 Å². The normalized spacial score (nSPS) is 39.6. The molecule has 1 nitrogen and oxygen atoms in total. The third-order valence-corrected chi connectivity index (χ3v) is 2.81. The van der Waals surface area contributed by atoms with Gasteiger partial charge in [-0.2, -0.15) is 0 Å². The fraction of sp³-hybridized carbons (Fsp3) is 1.00. The van der Waals surface area contributed by atoms with Crippen molar-refractivity contribution in [1.82, 2.24) is 0 Å². The van der Waals surface area contributed by atoms with Gasteiger partial charge in [-0.3, -0.25) is 4.78 Å². The predicted molar refractivity (Wildman–Crippen MR) is 33.9 cm³/mol. The number of alkyl halides is 1. The van der Waals surface area contributed by atoms with Crippen molar-refractivity contribution in [2.45, 2.75) is 19.0 Å². The molecule has 1 N–H and O–H groups in total. The lowest BCUT2D eigenvalue weighted by molar-refractivity contribution is 0.314. The van der Waals surface area contributed by atoms with Gasteiger partial charge in [-0.15, -0.1) is 10.7 Å². The number of rotatable bonds is 0. The van der Waals surface area contributed by atoms with E-state index in [0.717, 1.165) is 11.5 Å². The zero-order valence-electron chi connectivity index (χ0n) is 4.69. The highest BCUT2D eigenvalue weighted by Crippen LogP contribution is 2.11. The van der Waals surface area contributed by atoms with Crippen LogP contribution in [0.1, 0.15) is 12.8 Å². The molecule has 0 unspecified atom stereocenters. The first-order valence-electron chi connectivity index (χ1n) is 2.82. The Hall–Kier alpha value is 0.0800. The van der Waals surface area contributed by atoms with Crippen LogP contribution in [-0.4, -0.2) is 17.7 Å². The molecule has 1 rings (SSSR count). The van der Waals surface area contributed by atoms with Gasteiger partial charge < -0.3 is 0 Å². The quantitative estimate of drug-likeness (QED) is 0.520. The van der Waals surface area contributed by atoms with Crippen molar-refractivity contribution in [3.63, 3.8) is 0 Å². The SMILES string of the molecule is N=S1CCC(F)CC1. The predicted octanol–water partition coefficient (Wildman–Crippen LogP) is 1.50. The standard InChI is InChI=1S/C5H10FNS/c6-5-1-3-8(7)4-2-5/h5,7H,1-4H2. The van der Waals surface area contributed by atoms with Crippen LogP contribution in [0.4, 0.5) is 4.39 Å². The summed E-state index contributed by atoms with van der Waals surface area (Å²) in [5.74, 6) is 1.59. The molecule has 0 spiro atoms. The summed E-state index contributed by atoms with van der Waals surface area (Å²) in [4.78, 5) is 0. The van der Waals surface area contributed by atoms with Gasteiger partial charge in [0.05, 0.1) is 0 Å². The molecule has 1 saturated heterocycles. The Balaban J connectivity index is 2.29. The van der Waals surface area contributed by atoms with Gasteiger partial charge in [0, 0.05) is 11.5 Å². The van der Waals surface area contributed by atoms with E-state index in [1.807, 2.05) is 0 Å². The molecule has 1 heterocycles. The lowest BCUT2D eigenvalue weighted by atomic mass is 10.2. The Morgan fingerprint density at radius 3 is 2.25 bits per heavy atom. The molecule has 1 fully saturated rings. The van der Waals surface area contributed by atoms with Crippen LogP contribution in [0.5, 0.6) is 0 Å². The third-order valence-electron chi connectivity index (χ3n) is 1.35. The molecule has 3 heteroatoms. The highest BCUT2D eigenvalue weighted by atomic mass is 32.2. The average molecular weight is 135 g/mol. The zero-order valence-corrected chi connectivity index (χ0v) is 5.51. The van der Waals surface area contributed by atoms with Crippen molar-refractivity contribution in [3.05, 3.63) is 0 Å². The van der Waals surface area contributed by atoms with Crippen molar-refractivity contribution in [2.75, 3.05) is 11.5 Å². The second-order valence-electron chi connectivity index (χ2n) is 2.08. The van der Waals surface area contributed by atoms with Crippen molar-refractivity contribution >= 4 is 10.7 Å². The van der Waals surface area contributed by atoms with E-state index in [9.17, 15) is 4.39 Å². The molecule has 8 heavy (non-hydrogen) atoms. The van der Waals surface area contributed by atoms with E-state index < -0.39 is 6.17 Å². The van der Waals surface area contributed by atoms with E-state index in [1.165, 1.54) is 0 Å². The molecule has 0 radical (unpaired) electrons. The molecule has 0 bridgehead atoms. The first-order valence-corrected chi connectivity index (χ1v) is 4.38. The summed E-state index contributed by atoms with van der Waals surface area (Å²) in [6.07, 6.45) is 0.670. The molecule has 0 amide bonds. The van der Waals surface area contributed by atoms with Crippen LogP contribution >= 0.6 is 0 Å². The van der Waals surface area contributed by atoms with E-state index in [-0.39, 0.29) is 10.7 Å². The minimum Gasteiger partial charge on any atom is -0.280 e. The fourth-order valence-corrected chi connectivity index (χ4v) is 2.07. The second-order valence-corrected chi connectivity index (χ2v) is 3.88. The third kappa shape index (κ3) is 1.54. The molecule has 1 aliphatic rings. The van der Waals surface area contributed by atoms with E-state index in [4.69, 9.17) is 4.78 Å². The number of hydrogen-bond donors (Lipinski definition) is 1. The van der Waals surface area contributed by atoms with Crippen LogP contribution in [-0.2, 0) is 10.7 Å². The summed E-state index contributed by atoms with van der Waals surface area (Å²) in [6, 6.07) is 0. The molecule has 0 saturated carbocycles.